The van der Waals surface area contributed by atoms with Gasteiger partial charge in [-0.3, -0.25) is 14.4 Å². The number of nitrogens with one attached hydrogen (secondary N) is 2. The molecule has 0 bridgehead atoms. The molecule has 44 heavy (non-hydrogen) atoms. The van der Waals surface area contributed by atoms with E-state index < -0.39 is 68.0 Å². The molecule has 3 amide bonds. The topological polar surface area (TPSA) is 254 Å². The van der Waals surface area contributed by atoms with Crippen molar-refractivity contribution in [2.45, 2.75) is 34.9 Å². The third kappa shape index (κ3) is 6.44. The summed E-state index contributed by atoms with van der Waals surface area (Å²) in [7, 11) is 0. The largest absolute Gasteiger partial charge is 0.504 e. The maximum absolute atomic E-state index is 13.2. The fraction of sp³-hybridized carbons (Fsp3) is 0.375. The Hall–Kier alpha value is -3.94. The number of benzene rings is 1. The molecule has 2 fully saturated rings. The summed E-state index contributed by atoms with van der Waals surface area (Å²) in [6, 6.07) is 1.18. The van der Waals surface area contributed by atoms with Crippen molar-refractivity contribution in [3.63, 3.8) is 0 Å². The maximum atomic E-state index is 13.2. The lowest BCUT2D eigenvalue weighted by atomic mass is 10.1. The minimum absolute atomic E-state index is 0.000871. The molecule has 2 saturated heterocycles. The number of halogens is 1. The fourth-order valence-electron chi connectivity index (χ4n) is 3.89. The standard InChI is InChI=1S/C24H25ClN6O10S3/c1-23(2,20(37)38)41-30-13(10-7-42-22(26)28-10)17(35)29-14-18(36)31-8-24(21(39)40,44-19(14)31)43-6-5-27-16(34)9-3-4-11(32)15(33)12(9)25/h3-4,7,14,19,32-33H,5-6,8H2,1-2H3,(H2,26,28)(H,27,34)(H,29,35)(H,37,38)(H,39,40)/b30-13-/t14-,19?,24?/m1/s1. The summed E-state index contributed by atoms with van der Waals surface area (Å²) in [5.74, 6) is -5.73. The number of thioether (sulfide) groups is 2. The smallest absolute Gasteiger partial charge is 0.350 e. The molecule has 2 unspecified atom stereocenters. The molecule has 0 radical (unpaired) electrons. The van der Waals surface area contributed by atoms with Crippen LogP contribution in [0.2, 0.25) is 5.02 Å². The average Bonchev–Trinajstić information content (AvgIpc) is 3.55. The van der Waals surface area contributed by atoms with E-state index in [1.165, 1.54) is 30.2 Å². The van der Waals surface area contributed by atoms with Crippen LogP contribution in [0.25, 0.3) is 0 Å². The molecule has 1 aromatic carbocycles. The Balaban J connectivity index is 1.41. The zero-order chi connectivity index (χ0) is 32.6. The van der Waals surface area contributed by atoms with Gasteiger partial charge in [0.1, 0.15) is 17.1 Å². The van der Waals surface area contributed by atoms with E-state index >= 15 is 0 Å². The average molecular weight is 689 g/mol. The Kier molecular flexibility index (Phi) is 9.43. The minimum Gasteiger partial charge on any atom is -0.504 e. The molecule has 4 rings (SSSR count). The van der Waals surface area contributed by atoms with Gasteiger partial charge in [-0.25, -0.2) is 14.6 Å². The third-order valence-corrected chi connectivity index (χ3v) is 10.7. The monoisotopic (exact) mass is 688 g/mol. The van der Waals surface area contributed by atoms with Gasteiger partial charge in [0.2, 0.25) is 11.5 Å². The van der Waals surface area contributed by atoms with Gasteiger partial charge in [0.25, 0.3) is 11.8 Å². The van der Waals surface area contributed by atoms with Crippen LogP contribution in [0.4, 0.5) is 5.13 Å². The molecule has 3 heterocycles. The van der Waals surface area contributed by atoms with Crippen molar-refractivity contribution in [3.8, 4) is 11.5 Å². The van der Waals surface area contributed by atoms with Gasteiger partial charge in [0.15, 0.2) is 26.4 Å². The second-order valence-corrected chi connectivity index (χ2v) is 14.1. The van der Waals surface area contributed by atoms with E-state index in [2.05, 4.69) is 20.8 Å². The number of β-lactam (4-membered cyclic amide) rings is 1. The summed E-state index contributed by atoms with van der Waals surface area (Å²) in [5, 5.41) is 47.7. The molecule has 0 aliphatic carbocycles. The highest BCUT2D eigenvalue weighted by Crippen LogP contribution is 2.52. The number of anilines is 1. The minimum atomic E-state index is -1.80. The van der Waals surface area contributed by atoms with E-state index in [1.807, 2.05) is 0 Å². The number of nitrogens with two attached hydrogens (primary N) is 1. The van der Waals surface area contributed by atoms with Gasteiger partial charge in [-0.05, 0) is 26.0 Å². The Morgan fingerprint density at radius 3 is 2.61 bits per heavy atom. The summed E-state index contributed by atoms with van der Waals surface area (Å²) in [6.45, 7) is 2.25. The first-order chi connectivity index (χ1) is 20.6. The number of phenols is 2. The zero-order valence-corrected chi connectivity index (χ0v) is 26.0. The summed E-state index contributed by atoms with van der Waals surface area (Å²) in [5.41, 5.74) is 3.32. The Morgan fingerprint density at radius 1 is 1.30 bits per heavy atom. The van der Waals surface area contributed by atoms with Gasteiger partial charge in [0, 0.05) is 17.7 Å². The van der Waals surface area contributed by atoms with Crippen LogP contribution in [0.1, 0.15) is 29.9 Å². The van der Waals surface area contributed by atoms with Gasteiger partial charge in [-0.1, -0.05) is 16.8 Å². The first kappa shape index (κ1) is 33.0. The number of carbonyl (C=O) groups excluding carboxylic acids is 3. The summed E-state index contributed by atoms with van der Waals surface area (Å²) in [4.78, 5) is 72.7. The Morgan fingerprint density at radius 2 is 2.00 bits per heavy atom. The van der Waals surface area contributed by atoms with Crippen LogP contribution in [-0.4, -0.2) is 106 Å². The molecule has 8 N–H and O–H groups in total. The number of hydrogen-bond donors (Lipinski definition) is 7. The van der Waals surface area contributed by atoms with Gasteiger partial charge in [-0.2, -0.15) is 0 Å². The van der Waals surface area contributed by atoms with E-state index in [4.69, 9.17) is 22.2 Å². The number of carboxylic acids is 2. The van der Waals surface area contributed by atoms with Crippen LogP contribution < -0.4 is 16.4 Å². The molecule has 236 valence electrons. The zero-order valence-electron chi connectivity index (χ0n) is 22.8. The van der Waals surface area contributed by atoms with E-state index in [0.717, 1.165) is 40.9 Å². The highest BCUT2D eigenvalue weighted by molar-refractivity contribution is 8.20. The lowest BCUT2D eigenvalue weighted by Gasteiger charge is -2.41. The molecule has 1 aromatic heterocycles. The molecular formula is C24H25ClN6O10S3. The molecule has 20 heteroatoms. The SMILES string of the molecule is CC(C)(O/N=C(\C(=O)N[C@@H]1C(=O)N2CC(SCCNC(=O)c3ccc(O)c(O)c3Cl)(C(=O)O)SC12)c1csc(N)n1)C(=O)O. The van der Waals surface area contributed by atoms with Crippen LogP contribution in [0.3, 0.4) is 0 Å². The number of nitrogen functional groups attached to an aromatic ring is 1. The van der Waals surface area contributed by atoms with Crippen molar-refractivity contribution in [2.24, 2.45) is 5.16 Å². The maximum Gasteiger partial charge on any atom is 0.350 e. The number of hydrogen-bond acceptors (Lipinski definition) is 14. The predicted molar refractivity (Wildman–Crippen MR) is 161 cm³/mol. The van der Waals surface area contributed by atoms with Gasteiger partial charge in [0.05, 0.1) is 17.1 Å². The number of thiazole rings is 1. The van der Waals surface area contributed by atoms with E-state index in [9.17, 15) is 44.4 Å². The molecule has 2 aliphatic heterocycles. The summed E-state index contributed by atoms with van der Waals surface area (Å²) in [6.07, 6.45) is 0. The van der Waals surface area contributed by atoms with E-state index in [0.29, 0.717) is 0 Å². The Labute approximate surface area is 266 Å². The van der Waals surface area contributed by atoms with Crippen molar-refractivity contribution in [1.29, 1.82) is 0 Å². The first-order valence-electron chi connectivity index (χ1n) is 12.4. The lowest BCUT2D eigenvalue weighted by Crippen LogP contribution is -2.68. The molecular weight excluding hydrogens is 664 g/mol. The Bertz CT molecular complexity index is 1570. The van der Waals surface area contributed by atoms with Crippen molar-refractivity contribution < 1.29 is 49.2 Å². The van der Waals surface area contributed by atoms with Crippen LogP contribution in [0.5, 0.6) is 11.5 Å². The highest BCUT2D eigenvalue weighted by Gasteiger charge is 2.62. The van der Waals surface area contributed by atoms with Crippen LogP contribution >= 0.6 is 46.5 Å². The van der Waals surface area contributed by atoms with Crippen LogP contribution in [0, 0.1) is 0 Å². The van der Waals surface area contributed by atoms with Gasteiger partial charge < -0.3 is 46.5 Å². The van der Waals surface area contributed by atoms with E-state index in [1.54, 1.807) is 0 Å². The number of fused-ring (bicyclic) bond motifs is 1. The fourth-order valence-corrected chi connectivity index (χ4v) is 7.72. The van der Waals surface area contributed by atoms with E-state index in [-0.39, 0.29) is 40.3 Å². The number of oxime groups is 1. The predicted octanol–water partition coefficient (Wildman–Crippen LogP) is 0.718. The number of phenolic OH excluding ortho intramolecular Hbond substituents is 2. The van der Waals surface area contributed by atoms with Crippen molar-refractivity contribution >= 4 is 87.0 Å². The van der Waals surface area contributed by atoms with Gasteiger partial charge in [-0.15, -0.1) is 34.9 Å². The normalized spacial score (nSPS) is 21.3. The molecule has 2 aliphatic rings. The molecule has 0 spiro atoms. The van der Waals surface area contributed by atoms with Gasteiger partial charge >= 0.3 is 11.9 Å². The lowest BCUT2D eigenvalue weighted by molar-refractivity contribution is -0.161. The quantitative estimate of drug-likeness (QED) is 0.0533. The number of aromatic hydroxyl groups is 2. The summed E-state index contributed by atoms with van der Waals surface area (Å²) < 4.78 is -1.52. The van der Waals surface area contributed by atoms with Crippen molar-refractivity contribution in [3.05, 3.63) is 33.8 Å². The van der Waals surface area contributed by atoms with Crippen LogP contribution in [0.15, 0.2) is 22.7 Å². The summed E-state index contributed by atoms with van der Waals surface area (Å²) >= 11 is 8.82. The number of rotatable bonds is 12. The number of aromatic nitrogens is 1. The number of carbonyl (C=O) groups is 5. The second-order valence-electron chi connectivity index (χ2n) is 9.80. The molecule has 3 atom stereocenters. The highest BCUT2D eigenvalue weighted by atomic mass is 35.5. The molecule has 0 saturated carbocycles. The first-order valence-corrected chi connectivity index (χ1v) is 15.6. The number of carboxylic acid groups (broad SMARTS) is 2. The molecule has 16 nitrogen and oxygen atoms in total. The third-order valence-electron chi connectivity index (χ3n) is 6.37. The second kappa shape index (κ2) is 12.6. The number of aliphatic carboxylic acids is 2. The number of nitrogens with zero attached hydrogens (tertiary/aromatic N) is 3. The number of amides is 3. The van der Waals surface area contributed by atoms with Crippen molar-refractivity contribution in [2.75, 3.05) is 24.6 Å². The van der Waals surface area contributed by atoms with Crippen molar-refractivity contribution in [1.82, 2.24) is 20.5 Å². The van der Waals surface area contributed by atoms with Crippen LogP contribution in [-0.2, 0) is 24.0 Å². The molecule has 2 aromatic rings.